The van der Waals surface area contributed by atoms with Gasteiger partial charge < -0.3 is 10.1 Å². The molecule has 2 aromatic rings. The summed E-state index contributed by atoms with van der Waals surface area (Å²) in [5.74, 6) is -6.53. The molecule has 1 aliphatic carbocycles. The van der Waals surface area contributed by atoms with E-state index in [0.29, 0.717) is 0 Å². The number of Topliss-reactive ketones (excluding diaryl/α,β-unsaturated/α-hetero) is 1. The van der Waals surface area contributed by atoms with Crippen molar-refractivity contribution in [3.63, 3.8) is 0 Å². The van der Waals surface area contributed by atoms with Crippen LogP contribution >= 0.6 is 11.6 Å². The number of hydrogen-bond donors (Lipinski definition) is 2. The minimum Gasteiger partial charge on any atom is -0.442 e. The van der Waals surface area contributed by atoms with Gasteiger partial charge >= 0.3 is 6.09 Å². The van der Waals surface area contributed by atoms with E-state index < -0.39 is 66.5 Å². The third-order valence-corrected chi connectivity index (χ3v) is 5.60. The van der Waals surface area contributed by atoms with Crippen LogP contribution in [-0.2, 0) is 14.3 Å². The number of ether oxygens (including phenoxy) is 1. The first-order valence-corrected chi connectivity index (χ1v) is 11.6. The van der Waals surface area contributed by atoms with Gasteiger partial charge in [-0.2, -0.15) is 0 Å². The summed E-state index contributed by atoms with van der Waals surface area (Å²) >= 11 is 6.26. The number of rotatable bonds is 8. The van der Waals surface area contributed by atoms with Crippen LogP contribution < -0.4 is 10.7 Å². The maximum absolute atomic E-state index is 13.7. The zero-order valence-corrected chi connectivity index (χ0v) is 20.7. The highest BCUT2D eigenvalue weighted by atomic mass is 35.5. The first-order valence-electron chi connectivity index (χ1n) is 11.2. The molecule has 3 rings (SSSR count). The Morgan fingerprint density at radius 3 is 2.39 bits per heavy atom. The van der Waals surface area contributed by atoms with Crippen LogP contribution in [0.15, 0.2) is 48.5 Å². The summed E-state index contributed by atoms with van der Waals surface area (Å²) in [4.78, 5) is 39.4. The molecule has 1 fully saturated rings. The summed E-state index contributed by atoms with van der Waals surface area (Å²) in [5, 5.41) is 3.41. The summed E-state index contributed by atoms with van der Waals surface area (Å²) in [5.41, 5.74) is 2.03. The quantitative estimate of drug-likeness (QED) is 0.360. The van der Waals surface area contributed by atoms with Gasteiger partial charge in [-0.3, -0.25) is 15.0 Å². The number of carbonyl (C=O) groups excluding carboxylic acids is 3. The summed E-state index contributed by atoms with van der Waals surface area (Å²) in [7, 11) is 0. The molecular weight excluding hydrogens is 499 g/mol. The fourth-order valence-electron chi connectivity index (χ4n) is 3.65. The molecule has 0 heterocycles. The van der Waals surface area contributed by atoms with E-state index >= 15 is 0 Å². The smallest absolute Gasteiger partial charge is 0.429 e. The van der Waals surface area contributed by atoms with Crippen molar-refractivity contribution in [1.29, 1.82) is 0 Å². The highest BCUT2D eigenvalue weighted by Gasteiger charge is 2.47. The average molecular weight is 526 g/mol. The predicted molar refractivity (Wildman–Crippen MR) is 128 cm³/mol. The van der Waals surface area contributed by atoms with Crippen LogP contribution in [0.25, 0.3) is 0 Å². The van der Waals surface area contributed by atoms with Crippen molar-refractivity contribution in [2.45, 2.75) is 57.1 Å². The van der Waals surface area contributed by atoms with Crippen LogP contribution in [0.5, 0.6) is 0 Å². The first kappa shape index (κ1) is 27.3. The summed E-state index contributed by atoms with van der Waals surface area (Å²) < 4.78 is 45.6. The molecule has 11 heteroatoms. The van der Waals surface area contributed by atoms with E-state index in [0.717, 1.165) is 11.1 Å². The molecule has 0 saturated heterocycles. The number of nitrogens with one attached hydrogen (secondary N) is 2. The molecule has 2 aromatic carbocycles. The van der Waals surface area contributed by atoms with Crippen LogP contribution in [0, 0.1) is 5.82 Å². The second-order valence-corrected chi connectivity index (χ2v) is 9.99. The van der Waals surface area contributed by atoms with E-state index in [1.165, 1.54) is 30.3 Å². The van der Waals surface area contributed by atoms with Gasteiger partial charge in [0.25, 0.3) is 5.92 Å². The molecule has 1 unspecified atom stereocenters. The van der Waals surface area contributed by atoms with Gasteiger partial charge in [0, 0.05) is 23.9 Å². The SMILES string of the molecule is CC(C)(C)OC(=O)N(CC(=O)C(C(=O)NC1CC(F)(F)C1)c1ccccc1Cl)Nc1cccc(F)c1. The van der Waals surface area contributed by atoms with E-state index in [-0.39, 0.29) is 16.3 Å². The molecule has 0 spiro atoms. The second kappa shape index (κ2) is 10.8. The van der Waals surface area contributed by atoms with Crippen LogP contribution in [0.2, 0.25) is 5.02 Å². The van der Waals surface area contributed by atoms with Gasteiger partial charge in [0.05, 0.1) is 5.69 Å². The monoisotopic (exact) mass is 525 g/mol. The Kier molecular flexibility index (Phi) is 8.18. The molecule has 0 radical (unpaired) electrons. The van der Waals surface area contributed by atoms with Gasteiger partial charge in [0.1, 0.15) is 23.9 Å². The number of ketones is 1. The largest absolute Gasteiger partial charge is 0.442 e. The summed E-state index contributed by atoms with van der Waals surface area (Å²) in [6.07, 6.45) is -2.02. The topological polar surface area (TPSA) is 87.7 Å². The van der Waals surface area contributed by atoms with Crippen molar-refractivity contribution in [3.05, 3.63) is 64.9 Å². The normalized spacial score (nSPS) is 15.9. The lowest BCUT2D eigenvalue weighted by atomic mass is 9.86. The number of benzene rings is 2. The van der Waals surface area contributed by atoms with Crippen LogP contribution in [-0.4, -0.2) is 46.9 Å². The maximum atomic E-state index is 13.7. The number of alkyl halides is 2. The van der Waals surface area contributed by atoms with E-state index in [2.05, 4.69) is 10.7 Å². The van der Waals surface area contributed by atoms with Crippen molar-refractivity contribution in [1.82, 2.24) is 10.3 Å². The molecule has 36 heavy (non-hydrogen) atoms. The van der Waals surface area contributed by atoms with Gasteiger partial charge in [0.2, 0.25) is 5.91 Å². The molecule has 0 bridgehead atoms. The lowest BCUT2D eigenvalue weighted by Gasteiger charge is -2.36. The second-order valence-electron chi connectivity index (χ2n) is 9.58. The highest BCUT2D eigenvalue weighted by molar-refractivity contribution is 6.32. The summed E-state index contributed by atoms with van der Waals surface area (Å²) in [6, 6.07) is 10.5. The fraction of sp³-hybridized carbons (Fsp3) is 0.400. The number of hydrazine groups is 1. The van der Waals surface area contributed by atoms with Gasteiger partial charge in [-0.05, 0) is 50.6 Å². The zero-order valence-electron chi connectivity index (χ0n) is 20.0. The van der Waals surface area contributed by atoms with Gasteiger partial charge in [-0.25, -0.2) is 23.0 Å². The molecule has 2 N–H and O–H groups in total. The fourth-order valence-corrected chi connectivity index (χ4v) is 3.89. The summed E-state index contributed by atoms with van der Waals surface area (Å²) in [6.45, 7) is 4.21. The first-order chi connectivity index (χ1) is 16.7. The molecule has 1 saturated carbocycles. The number of nitrogens with zero attached hydrogens (tertiary/aromatic N) is 1. The number of halogens is 4. The average Bonchev–Trinajstić information content (AvgIpc) is 2.72. The van der Waals surface area contributed by atoms with Gasteiger partial charge in [-0.15, -0.1) is 0 Å². The molecule has 0 aliphatic heterocycles. The standard InChI is InChI=1S/C25H27ClF3N3O4/c1-24(2,3)36-23(35)32(31-16-8-6-7-15(27)11-16)14-20(33)21(18-9-4-5-10-19(18)26)22(34)30-17-12-25(28,29)13-17/h4-11,17,21,31H,12-14H2,1-3H3,(H,30,34). The Labute approximate surface area is 211 Å². The van der Waals surface area contributed by atoms with Crippen LogP contribution in [0.1, 0.15) is 45.1 Å². The van der Waals surface area contributed by atoms with Crippen molar-refractivity contribution in [3.8, 4) is 0 Å². The number of carbonyl (C=O) groups is 3. The third kappa shape index (κ3) is 7.36. The van der Waals surface area contributed by atoms with E-state index in [4.69, 9.17) is 16.3 Å². The number of hydrogen-bond acceptors (Lipinski definition) is 5. The zero-order chi connectivity index (χ0) is 26.7. The molecule has 0 aromatic heterocycles. The van der Waals surface area contributed by atoms with Gasteiger partial charge in [-0.1, -0.05) is 35.9 Å². The van der Waals surface area contributed by atoms with Crippen LogP contribution in [0.3, 0.4) is 0 Å². The molecule has 194 valence electrons. The Hall–Kier alpha value is -3.27. The van der Waals surface area contributed by atoms with Crippen LogP contribution in [0.4, 0.5) is 23.7 Å². The van der Waals surface area contributed by atoms with E-state index in [1.54, 1.807) is 32.9 Å². The Morgan fingerprint density at radius 2 is 1.81 bits per heavy atom. The van der Waals surface area contributed by atoms with Crippen molar-refractivity contribution in [2.75, 3.05) is 12.0 Å². The van der Waals surface area contributed by atoms with Gasteiger partial charge in [0.15, 0.2) is 5.78 Å². The molecular formula is C25H27ClF3N3O4. The Bertz CT molecular complexity index is 1130. The maximum Gasteiger partial charge on any atom is 0.429 e. The molecule has 2 amide bonds. The minimum absolute atomic E-state index is 0.117. The van der Waals surface area contributed by atoms with Crippen molar-refractivity contribution in [2.24, 2.45) is 0 Å². The van der Waals surface area contributed by atoms with Crippen molar-refractivity contribution < 1.29 is 32.3 Å². The van der Waals surface area contributed by atoms with E-state index in [9.17, 15) is 27.6 Å². The predicted octanol–water partition coefficient (Wildman–Crippen LogP) is 5.31. The number of anilines is 1. The third-order valence-electron chi connectivity index (χ3n) is 5.25. The molecule has 7 nitrogen and oxygen atoms in total. The Balaban J connectivity index is 1.87. The molecule has 1 atom stereocenters. The number of amides is 2. The van der Waals surface area contributed by atoms with E-state index in [1.807, 2.05) is 0 Å². The lowest BCUT2D eigenvalue weighted by molar-refractivity contribution is -0.135. The lowest BCUT2D eigenvalue weighted by Crippen LogP contribution is -2.53. The Morgan fingerprint density at radius 1 is 1.14 bits per heavy atom. The minimum atomic E-state index is -2.87. The molecule has 1 aliphatic rings. The highest BCUT2D eigenvalue weighted by Crippen LogP contribution is 2.38. The van der Waals surface area contributed by atoms with Crippen molar-refractivity contribution >= 4 is 35.1 Å².